The van der Waals surface area contributed by atoms with E-state index in [1.807, 2.05) is 0 Å². The number of methoxy groups -OCH3 is 1. The third kappa shape index (κ3) is 4.07. The summed E-state index contributed by atoms with van der Waals surface area (Å²) < 4.78 is 9.25. The molecular formula is C10H16O4. The average molecular weight is 200 g/mol. The third-order valence-electron chi connectivity index (χ3n) is 1.46. The molecule has 0 aromatic heterocycles. The maximum absolute atomic E-state index is 11.3. The SMILES string of the molecule is C=C(COC(=O)C(C)(C)C)C(=O)OC. The predicted molar refractivity (Wildman–Crippen MR) is 51.6 cm³/mol. The molecule has 4 heteroatoms. The highest BCUT2D eigenvalue weighted by atomic mass is 16.5. The van der Waals surface area contributed by atoms with Crippen molar-refractivity contribution in [2.75, 3.05) is 13.7 Å². The summed E-state index contributed by atoms with van der Waals surface area (Å²) in [6.07, 6.45) is 0. The molecular weight excluding hydrogens is 184 g/mol. The van der Waals surface area contributed by atoms with Crippen LogP contribution < -0.4 is 0 Å². The van der Waals surface area contributed by atoms with Crippen molar-refractivity contribution in [3.8, 4) is 0 Å². The molecule has 0 aromatic carbocycles. The largest absolute Gasteiger partial charge is 0.466 e. The van der Waals surface area contributed by atoms with Crippen LogP contribution in [0.15, 0.2) is 12.2 Å². The molecule has 0 aliphatic heterocycles. The van der Waals surface area contributed by atoms with Gasteiger partial charge in [-0.3, -0.25) is 4.79 Å². The maximum atomic E-state index is 11.3. The summed E-state index contributed by atoms with van der Waals surface area (Å²) in [7, 11) is 1.25. The molecule has 0 fully saturated rings. The van der Waals surface area contributed by atoms with E-state index in [-0.39, 0.29) is 18.1 Å². The maximum Gasteiger partial charge on any atom is 0.336 e. The lowest BCUT2D eigenvalue weighted by Crippen LogP contribution is -2.24. The van der Waals surface area contributed by atoms with Gasteiger partial charge in [0.25, 0.3) is 0 Å². The molecule has 0 aromatic rings. The van der Waals surface area contributed by atoms with Crippen LogP contribution in [0.2, 0.25) is 0 Å². The zero-order valence-corrected chi connectivity index (χ0v) is 9.05. The molecule has 0 rings (SSSR count). The van der Waals surface area contributed by atoms with E-state index in [0.29, 0.717) is 0 Å². The Kier molecular flexibility index (Phi) is 4.34. The Hall–Kier alpha value is -1.32. The van der Waals surface area contributed by atoms with E-state index in [2.05, 4.69) is 11.3 Å². The van der Waals surface area contributed by atoms with E-state index in [1.54, 1.807) is 20.8 Å². The number of rotatable bonds is 3. The third-order valence-corrected chi connectivity index (χ3v) is 1.46. The Morgan fingerprint density at radius 2 is 1.79 bits per heavy atom. The van der Waals surface area contributed by atoms with Gasteiger partial charge in [-0.1, -0.05) is 6.58 Å². The Balaban J connectivity index is 4.03. The molecule has 0 aliphatic carbocycles. The molecule has 0 atom stereocenters. The number of carbonyl (C=O) groups is 2. The van der Waals surface area contributed by atoms with Gasteiger partial charge in [-0.25, -0.2) is 4.79 Å². The van der Waals surface area contributed by atoms with Crippen molar-refractivity contribution in [2.24, 2.45) is 5.41 Å². The quantitative estimate of drug-likeness (QED) is 0.509. The first-order valence-corrected chi connectivity index (χ1v) is 4.22. The van der Waals surface area contributed by atoms with E-state index in [4.69, 9.17) is 4.74 Å². The topological polar surface area (TPSA) is 52.6 Å². The highest BCUT2D eigenvalue weighted by molar-refractivity contribution is 5.88. The molecule has 0 saturated heterocycles. The fourth-order valence-electron chi connectivity index (χ4n) is 0.572. The molecule has 80 valence electrons. The number of hydrogen-bond donors (Lipinski definition) is 0. The molecule has 0 saturated carbocycles. The van der Waals surface area contributed by atoms with Crippen LogP contribution in [-0.4, -0.2) is 25.7 Å². The van der Waals surface area contributed by atoms with Crippen molar-refractivity contribution in [2.45, 2.75) is 20.8 Å². The van der Waals surface area contributed by atoms with Crippen LogP contribution in [0.25, 0.3) is 0 Å². The van der Waals surface area contributed by atoms with Crippen LogP contribution in [0, 0.1) is 5.41 Å². The minimum Gasteiger partial charge on any atom is -0.466 e. The first-order chi connectivity index (χ1) is 6.29. The Labute approximate surface area is 83.9 Å². The molecule has 0 unspecified atom stereocenters. The second kappa shape index (κ2) is 4.79. The number of carbonyl (C=O) groups excluding carboxylic acids is 2. The van der Waals surface area contributed by atoms with Crippen molar-refractivity contribution in [1.29, 1.82) is 0 Å². The Bertz CT molecular complexity index is 247. The molecule has 0 N–H and O–H groups in total. The summed E-state index contributed by atoms with van der Waals surface area (Å²) in [6, 6.07) is 0. The molecule has 0 spiro atoms. The molecule has 0 heterocycles. The van der Waals surface area contributed by atoms with Crippen molar-refractivity contribution in [1.82, 2.24) is 0 Å². The fraction of sp³-hybridized carbons (Fsp3) is 0.600. The van der Waals surface area contributed by atoms with E-state index < -0.39 is 11.4 Å². The van der Waals surface area contributed by atoms with Gasteiger partial charge in [0, 0.05) is 0 Å². The predicted octanol–water partition coefficient (Wildman–Crippen LogP) is 1.30. The van der Waals surface area contributed by atoms with Crippen LogP contribution >= 0.6 is 0 Å². The van der Waals surface area contributed by atoms with Gasteiger partial charge in [-0.05, 0) is 20.8 Å². The monoisotopic (exact) mass is 200 g/mol. The Morgan fingerprint density at radius 1 is 1.29 bits per heavy atom. The van der Waals surface area contributed by atoms with Crippen molar-refractivity contribution < 1.29 is 19.1 Å². The van der Waals surface area contributed by atoms with Crippen LogP contribution in [0.3, 0.4) is 0 Å². The lowest BCUT2D eigenvalue weighted by atomic mass is 9.97. The first-order valence-electron chi connectivity index (χ1n) is 4.22. The van der Waals surface area contributed by atoms with E-state index >= 15 is 0 Å². The zero-order chi connectivity index (χ0) is 11.4. The molecule has 0 amide bonds. The summed E-state index contributed by atoms with van der Waals surface area (Å²) in [4.78, 5) is 22.1. The normalized spacial score (nSPS) is 10.6. The molecule has 0 aliphatic rings. The van der Waals surface area contributed by atoms with E-state index in [0.717, 1.165) is 0 Å². The number of ether oxygens (including phenoxy) is 2. The van der Waals surface area contributed by atoms with Crippen molar-refractivity contribution in [3.05, 3.63) is 12.2 Å². The summed E-state index contributed by atoms with van der Waals surface area (Å²) in [5.41, 5.74) is -0.443. The molecule has 4 nitrogen and oxygen atoms in total. The molecule has 14 heavy (non-hydrogen) atoms. The first kappa shape index (κ1) is 12.7. The summed E-state index contributed by atoms with van der Waals surface area (Å²) in [5, 5.41) is 0. The lowest BCUT2D eigenvalue weighted by Gasteiger charge is -2.16. The average Bonchev–Trinajstić information content (AvgIpc) is 2.10. The van der Waals surface area contributed by atoms with Crippen molar-refractivity contribution in [3.63, 3.8) is 0 Å². The smallest absolute Gasteiger partial charge is 0.336 e. The number of esters is 2. The lowest BCUT2D eigenvalue weighted by molar-refractivity contribution is -0.152. The van der Waals surface area contributed by atoms with Gasteiger partial charge < -0.3 is 9.47 Å². The van der Waals surface area contributed by atoms with Gasteiger partial charge in [0.1, 0.15) is 6.61 Å². The summed E-state index contributed by atoms with van der Waals surface area (Å²) >= 11 is 0. The van der Waals surface area contributed by atoms with Crippen LogP contribution in [0.5, 0.6) is 0 Å². The van der Waals surface area contributed by atoms with Crippen LogP contribution in [0.4, 0.5) is 0 Å². The minimum absolute atomic E-state index is 0.122. The van der Waals surface area contributed by atoms with Gasteiger partial charge in [-0.2, -0.15) is 0 Å². The van der Waals surface area contributed by atoms with E-state index in [9.17, 15) is 9.59 Å². The minimum atomic E-state index is -0.573. The van der Waals surface area contributed by atoms with Crippen LogP contribution in [0.1, 0.15) is 20.8 Å². The summed E-state index contributed by atoms with van der Waals surface area (Å²) in [5.74, 6) is -0.936. The van der Waals surface area contributed by atoms with Gasteiger partial charge in [0.2, 0.25) is 0 Å². The highest BCUT2D eigenvalue weighted by Crippen LogP contribution is 2.15. The van der Waals surface area contributed by atoms with Gasteiger partial charge in [0.15, 0.2) is 0 Å². The fourth-order valence-corrected chi connectivity index (χ4v) is 0.572. The second-order valence-electron chi connectivity index (χ2n) is 3.92. The van der Waals surface area contributed by atoms with Gasteiger partial charge >= 0.3 is 11.9 Å². The molecule has 0 radical (unpaired) electrons. The second-order valence-corrected chi connectivity index (χ2v) is 3.92. The van der Waals surface area contributed by atoms with Crippen LogP contribution in [-0.2, 0) is 19.1 Å². The standard InChI is InChI=1S/C10H16O4/c1-7(8(11)13-5)6-14-9(12)10(2,3)4/h1,6H2,2-5H3. The zero-order valence-electron chi connectivity index (χ0n) is 9.05. The summed E-state index contributed by atoms with van der Waals surface area (Å²) in [6.45, 7) is 8.50. The van der Waals surface area contributed by atoms with Crippen molar-refractivity contribution >= 4 is 11.9 Å². The van der Waals surface area contributed by atoms with Gasteiger partial charge in [0.05, 0.1) is 18.1 Å². The highest BCUT2D eigenvalue weighted by Gasteiger charge is 2.23. The number of hydrogen-bond acceptors (Lipinski definition) is 4. The van der Waals surface area contributed by atoms with E-state index in [1.165, 1.54) is 7.11 Å². The van der Waals surface area contributed by atoms with Gasteiger partial charge in [-0.15, -0.1) is 0 Å². The Morgan fingerprint density at radius 3 is 2.14 bits per heavy atom. The molecule has 0 bridgehead atoms.